The Morgan fingerprint density at radius 3 is 1.71 bits per heavy atom. The van der Waals surface area contributed by atoms with E-state index in [1.54, 1.807) is 25.3 Å². The molecule has 0 aliphatic heterocycles. The molecule has 0 spiro atoms. The fraction of sp³-hybridized carbons (Fsp3) is 0.0625. The molecular weight excluding hydrogens is 480 g/mol. The first-order valence-electron chi connectivity index (χ1n) is 11.9. The molecular formula is C32H24O6. The molecule has 0 amide bonds. The molecule has 0 saturated heterocycles. The smallest absolute Gasteiger partial charge is 0.197 e. The van der Waals surface area contributed by atoms with Crippen LogP contribution in [0.2, 0.25) is 0 Å². The van der Waals surface area contributed by atoms with Crippen molar-refractivity contribution in [3.63, 3.8) is 0 Å². The van der Waals surface area contributed by atoms with Gasteiger partial charge in [-0.15, -0.1) is 0 Å². The Labute approximate surface area is 218 Å². The van der Waals surface area contributed by atoms with Gasteiger partial charge in [-0.3, -0.25) is 9.59 Å². The second-order valence-electron chi connectivity index (χ2n) is 8.38. The summed E-state index contributed by atoms with van der Waals surface area (Å²) in [6.45, 7) is 0. The van der Waals surface area contributed by atoms with Gasteiger partial charge < -0.3 is 18.3 Å². The fourth-order valence-corrected chi connectivity index (χ4v) is 4.10. The summed E-state index contributed by atoms with van der Waals surface area (Å²) in [5.41, 5.74) is 2.67. The monoisotopic (exact) mass is 504 g/mol. The summed E-state index contributed by atoms with van der Waals surface area (Å²) in [7, 11) is 3.07. The minimum Gasteiger partial charge on any atom is -0.496 e. The fourth-order valence-electron chi connectivity index (χ4n) is 4.10. The molecule has 0 atom stereocenters. The Balaban J connectivity index is 0.000000158. The second kappa shape index (κ2) is 10.9. The van der Waals surface area contributed by atoms with Crippen molar-refractivity contribution >= 4 is 21.9 Å². The number of fused-ring (bicyclic) bond motifs is 2. The summed E-state index contributed by atoms with van der Waals surface area (Å²) in [6.07, 6.45) is 0. The molecule has 0 unspecified atom stereocenters. The lowest BCUT2D eigenvalue weighted by molar-refractivity contribution is 0.396. The SMILES string of the molecule is COc1cc(OC)c2c(=O)cc(-c3ccccc3)oc2c1.O=c1cc(-c2ccccc2)oc2ccccc12. The van der Waals surface area contributed by atoms with E-state index in [1.165, 1.54) is 19.2 Å². The first-order valence-corrected chi connectivity index (χ1v) is 11.9. The van der Waals surface area contributed by atoms with E-state index in [-0.39, 0.29) is 10.9 Å². The van der Waals surface area contributed by atoms with Crippen LogP contribution in [0.5, 0.6) is 11.5 Å². The van der Waals surface area contributed by atoms with Gasteiger partial charge in [0.25, 0.3) is 0 Å². The van der Waals surface area contributed by atoms with Gasteiger partial charge in [-0.1, -0.05) is 72.8 Å². The highest BCUT2D eigenvalue weighted by Crippen LogP contribution is 2.31. The van der Waals surface area contributed by atoms with Crippen LogP contribution in [0, 0.1) is 0 Å². The van der Waals surface area contributed by atoms with Crippen LogP contribution in [0.15, 0.2) is 128 Å². The number of hydrogen-bond donors (Lipinski definition) is 0. The lowest BCUT2D eigenvalue weighted by atomic mass is 10.1. The lowest BCUT2D eigenvalue weighted by Crippen LogP contribution is -2.03. The van der Waals surface area contributed by atoms with Gasteiger partial charge in [0.2, 0.25) is 0 Å². The molecule has 0 radical (unpaired) electrons. The Morgan fingerprint density at radius 2 is 1.11 bits per heavy atom. The zero-order valence-electron chi connectivity index (χ0n) is 20.8. The molecule has 0 aliphatic rings. The number of benzene rings is 4. The molecule has 0 saturated carbocycles. The molecule has 6 nitrogen and oxygen atoms in total. The van der Waals surface area contributed by atoms with Gasteiger partial charge >= 0.3 is 0 Å². The van der Waals surface area contributed by atoms with Crippen molar-refractivity contribution in [3.05, 3.63) is 130 Å². The third-order valence-corrected chi connectivity index (χ3v) is 5.97. The largest absolute Gasteiger partial charge is 0.496 e. The van der Waals surface area contributed by atoms with Gasteiger partial charge in [0.05, 0.1) is 19.6 Å². The summed E-state index contributed by atoms with van der Waals surface area (Å²) in [5.74, 6) is 2.14. The van der Waals surface area contributed by atoms with Crippen LogP contribution < -0.4 is 20.3 Å². The van der Waals surface area contributed by atoms with Gasteiger partial charge in [-0.25, -0.2) is 0 Å². The van der Waals surface area contributed by atoms with Crippen LogP contribution in [0.1, 0.15) is 0 Å². The molecule has 38 heavy (non-hydrogen) atoms. The molecule has 0 bridgehead atoms. The van der Waals surface area contributed by atoms with E-state index in [9.17, 15) is 9.59 Å². The molecule has 6 heteroatoms. The van der Waals surface area contributed by atoms with E-state index in [2.05, 4.69) is 0 Å². The van der Waals surface area contributed by atoms with Crippen molar-refractivity contribution in [2.45, 2.75) is 0 Å². The number of ether oxygens (including phenoxy) is 2. The van der Waals surface area contributed by atoms with Gasteiger partial charge in [0.1, 0.15) is 39.6 Å². The van der Waals surface area contributed by atoms with Crippen molar-refractivity contribution in [2.75, 3.05) is 14.2 Å². The van der Waals surface area contributed by atoms with Crippen molar-refractivity contribution in [2.24, 2.45) is 0 Å². The average Bonchev–Trinajstić information content (AvgIpc) is 2.97. The maximum Gasteiger partial charge on any atom is 0.197 e. The summed E-state index contributed by atoms with van der Waals surface area (Å²) in [4.78, 5) is 24.3. The number of para-hydroxylation sites is 1. The molecule has 188 valence electrons. The number of methoxy groups -OCH3 is 2. The van der Waals surface area contributed by atoms with Crippen LogP contribution in [0.3, 0.4) is 0 Å². The zero-order chi connectivity index (χ0) is 26.5. The molecule has 0 fully saturated rings. The molecule has 2 aromatic heterocycles. The van der Waals surface area contributed by atoms with E-state index in [0.29, 0.717) is 45.0 Å². The van der Waals surface area contributed by atoms with Crippen molar-refractivity contribution in [1.82, 2.24) is 0 Å². The Kier molecular flexibility index (Phi) is 7.04. The average molecular weight is 505 g/mol. The summed E-state index contributed by atoms with van der Waals surface area (Å²) >= 11 is 0. The predicted molar refractivity (Wildman–Crippen MR) is 149 cm³/mol. The molecule has 4 aromatic carbocycles. The number of rotatable bonds is 4. The summed E-state index contributed by atoms with van der Waals surface area (Å²) < 4.78 is 22.0. The van der Waals surface area contributed by atoms with E-state index < -0.39 is 0 Å². The molecule has 0 aliphatic carbocycles. The first-order chi connectivity index (χ1) is 18.6. The maximum absolute atomic E-state index is 12.4. The van der Waals surface area contributed by atoms with E-state index in [0.717, 1.165) is 11.1 Å². The maximum atomic E-state index is 12.4. The highest BCUT2D eigenvalue weighted by atomic mass is 16.5. The Morgan fingerprint density at radius 1 is 0.553 bits per heavy atom. The zero-order valence-corrected chi connectivity index (χ0v) is 20.8. The minimum atomic E-state index is -0.144. The first kappa shape index (κ1) is 24.6. The van der Waals surface area contributed by atoms with Gasteiger partial charge in [-0.05, 0) is 12.1 Å². The van der Waals surface area contributed by atoms with Crippen molar-refractivity contribution in [3.8, 4) is 34.1 Å². The highest BCUT2D eigenvalue weighted by molar-refractivity contribution is 5.86. The lowest BCUT2D eigenvalue weighted by Gasteiger charge is -2.09. The topological polar surface area (TPSA) is 78.9 Å². The van der Waals surface area contributed by atoms with Crippen LogP contribution in [-0.4, -0.2) is 14.2 Å². The van der Waals surface area contributed by atoms with Crippen molar-refractivity contribution in [1.29, 1.82) is 0 Å². The van der Waals surface area contributed by atoms with Gasteiger partial charge in [-0.2, -0.15) is 0 Å². The normalized spacial score (nSPS) is 10.6. The van der Waals surface area contributed by atoms with Crippen LogP contribution >= 0.6 is 0 Å². The van der Waals surface area contributed by atoms with E-state index in [1.807, 2.05) is 78.9 Å². The third kappa shape index (κ3) is 5.06. The van der Waals surface area contributed by atoms with E-state index in [4.69, 9.17) is 18.3 Å². The number of hydrogen-bond acceptors (Lipinski definition) is 6. The highest BCUT2D eigenvalue weighted by Gasteiger charge is 2.13. The Hall–Kier alpha value is -5.10. The Bertz CT molecular complexity index is 1820. The molecule has 6 aromatic rings. The quantitative estimate of drug-likeness (QED) is 0.259. The van der Waals surface area contributed by atoms with E-state index >= 15 is 0 Å². The predicted octanol–water partition coefficient (Wildman–Crippen LogP) is 6.94. The molecule has 0 N–H and O–H groups in total. The molecule has 2 heterocycles. The second-order valence-corrected chi connectivity index (χ2v) is 8.38. The van der Waals surface area contributed by atoms with Crippen LogP contribution in [0.25, 0.3) is 44.6 Å². The van der Waals surface area contributed by atoms with Crippen LogP contribution in [0.4, 0.5) is 0 Å². The van der Waals surface area contributed by atoms with Gasteiger partial charge in [0.15, 0.2) is 10.9 Å². The third-order valence-electron chi connectivity index (χ3n) is 5.97. The van der Waals surface area contributed by atoms with Gasteiger partial charge in [0, 0.05) is 35.4 Å². The molecule has 6 rings (SSSR count). The summed E-state index contributed by atoms with van der Waals surface area (Å²) in [6, 6.07) is 32.8. The standard InChI is InChI=1S/C17H14O4.C15H10O2/c1-19-12-8-15(20-2)17-13(18)10-14(21-16(17)9-12)11-6-4-3-5-7-11;16-13-10-15(11-6-2-1-3-7-11)17-14-9-5-4-8-12(13)14/h3-10H,1-2H3;1-10H. The minimum absolute atomic E-state index is 0.00861. The van der Waals surface area contributed by atoms with Crippen LogP contribution in [-0.2, 0) is 0 Å². The summed E-state index contributed by atoms with van der Waals surface area (Å²) in [5, 5.41) is 1.03. The van der Waals surface area contributed by atoms with Crippen molar-refractivity contribution < 1.29 is 18.3 Å².